The van der Waals surface area contributed by atoms with Gasteiger partial charge in [0, 0.05) is 0 Å². The van der Waals surface area contributed by atoms with E-state index in [0.29, 0.717) is 0 Å². The van der Waals surface area contributed by atoms with Gasteiger partial charge in [-0.25, -0.2) is 4.79 Å². The molecule has 1 aromatic rings. The van der Waals surface area contributed by atoms with Gasteiger partial charge in [0.15, 0.2) is 0 Å². The molecular formula is C11H7Cl2NO3. The van der Waals surface area contributed by atoms with E-state index >= 15 is 0 Å². The number of carboxylic acid groups (broad SMARTS) is 1. The molecule has 0 unspecified atom stereocenters. The Bertz CT molecular complexity index is 544. The zero-order chi connectivity index (χ0) is 13.0. The highest BCUT2D eigenvalue weighted by Gasteiger charge is 2.18. The van der Waals surface area contributed by atoms with E-state index in [4.69, 9.17) is 28.3 Å². The number of anilines is 1. The largest absolute Gasteiger partial charge is 0.478 e. The average molecular weight is 272 g/mol. The summed E-state index contributed by atoms with van der Waals surface area (Å²) in [5, 5.41) is 11.3. The molecule has 0 radical (unpaired) electrons. The highest BCUT2D eigenvalue weighted by atomic mass is 35.5. The first-order chi connectivity index (χ1) is 7.97. The van der Waals surface area contributed by atoms with E-state index in [-0.39, 0.29) is 21.3 Å². The summed E-state index contributed by atoms with van der Waals surface area (Å²) in [6, 6.07) is 2.74. The van der Waals surface area contributed by atoms with Crippen LogP contribution >= 0.6 is 23.2 Å². The minimum absolute atomic E-state index is 0.0124. The molecule has 1 amide bonds. The van der Waals surface area contributed by atoms with Gasteiger partial charge in [-0.1, -0.05) is 29.1 Å². The number of amides is 1. The minimum Gasteiger partial charge on any atom is -0.478 e. The molecule has 1 aromatic carbocycles. The zero-order valence-corrected chi connectivity index (χ0v) is 10.2. The van der Waals surface area contributed by atoms with Crippen molar-refractivity contribution >= 4 is 40.8 Å². The van der Waals surface area contributed by atoms with Crippen LogP contribution in [0, 0.1) is 11.8 Å². The van der Waals surface area contributed by atoms with Crippen LogP contribution in [0.4, 0.5) is 5.69 Å². The zero-order valence-electron chi connectivity index (χ0n) is 8.67. The lowest BCUT2D eigenvalue weighted by Gasteiger charge is -2.09. The van der Waals surface area contributed by atoms with Crippen molar-refractivity contribution in [3.05, 3.63) is 27.7 Å². The van der Waals surface area contributed by atoms with E-state index < -0.39 is 11.9 Å². The Labute approximate surface area is 108 Å². The summed E-state index contributed by atoms with van der Waals surface area (Å²) in [6.45, 7) is 1.48. The van der Waals surface area contributed by atoms with Crippen LogP contribution in [0.5, 0.6) is 0 Å². The summed E-state index contributed by atoms with van der Waals surface area (Å²) in [5.74, 6) is 2.66. The second-order valence-corrected chi connectivity index (χ2v) is 3.73. The summed E-state index contributed by atoms with van der Waals surface area (Å²) in [4.78, 5) is 22.3. The van der Waals surface area contributed by atoms with Crippen LogP contribution in [0.25, 0.3) is 0 Å². The Morgan fingerprint density at radius 1 is 1.29 bits per heavy atom. The van der Waals surface area contributed by atoms with Gasteiger partial charge in [0.05, 0.1) is 15.7 Å². The summed E-state index contributed by atoms with van der Waals surface area (Å²) >= 11 is 11.5. The van der Waals surface area contributed by atoms with E-state index in [1.165, 1.54) is 19.1 Å². The van der Waals surface area contributed by atoms with Gasteiger partial charge >= 0.3 is 5.97 Å². The molecule has 0 aromatic heterocycles. The quantitative estimate of drug-likeness (QED) is 0.813. The van der Waals surface area contributed by atoms with Gasteiger partial charge in [0.2, 0.25) is 0 Å². The molecule has 17 heavy (non-hydrogen) atoms. The first kappa shape index (κ1) is 13.4. The number of nitrogens with one attached hydrogen (secondary N) is 1. The topological polar surface area (TPSA) is 66.4 Å². The molecule has 0 aliphatic heterocycles. The van der Waals surface area contributed by atoms with E-state index in [2.05, 4.69) is 17.2 Å². The molecule has 1 rings (SSSR count). The number of carbonyl (C=O) groups excluding carboxylic acids is 1. The van der Waals surface area contributed by atoms with Crippen molar-refractivity contribution in [3.8, 4) is 11.8 Å². The third kappa shape index (κ3) is 3.13. The molecule has 0 bridgehead atoms. The fourth-order valence-electron chi connectivity index (χ4n) is 1.14. The molecule has 88 valence electrons. The number of aromatic carboxylic acids is 1. The number of hydrogen-bond acceptors (Lipinski definition) is 2. The van der Waals surface area contributed by atoms with Crippen LogP contribution in [-0.4, -0.2) is 17.0 Å². The molecule has 0 aliphatic carbocycles. The lowest BCUT2D eigenvalue weighted by Crippen LogP contribution is -2.13. The van der Waals surface area contributed by atoms with Gasteiger partial charge in [-0.3, -0.25) is 4.79 Å². The van der Waals surface area contributed by atoms with Crippen molar-refractivity contribution in [1.29, 1.82) is 0 Å². The number of rotatable bonds is 2. The maximum Gasteiger partial charge on any atom is 0.339 e. The first-order valence-corrected chi connectivity index (χ1v) is 5.18. The second-order valence-electron chi connectivity index (χ2n) is 2.91. The lowest BCUT2D eigenvalue weighted by atomic mass is 10.1. The minimum atomic E-state index is -1.28. The van der Waals surface area contributed by atoms with Crippen molar-refractivity contribution in [2.45, 2.75) is 6.92 Å². The number of carboxylic acids is 1. The van der Waals surface area contributed by atoms with Crippen molar-refractivity contribution in [2.75, 3.05) is 5.32 Å². The predicted molar refractivity (Wildman–Crippen MR) is 65.5 cm³/mol. The Balaban J connectivity index is 3.29. The Morgan fingerprint density at radius 2 is 1.88 bits per heavy atom. The molecule has 0 aliphatic rings. The summed E-state index contributed by atoms with van der Waals surface area (Å²) in [5.41, 5.74) is -0.315. The van der Waals surface area contributed by atoms with E-state index in [1.807, 2.05) is 0 Å². The highest BCUT2D eigenvalue weighted by molar-refractivity contribution is 6.38. The molecule has 0 atom stereocenters. The third-order valence-electron chi connectivity index (χ3n) is 1.79. The maximum atomic E-state index is 11.3. The molecule has 2 N–H and O–H groups in total. The number of halogens is 2. The summed E-state index contributed by atoms with van der Waals surface area (Å²) in [7, 11) is 0. The van der Waals surface area contributed by atoms with Crippen molar-refractivity contribution < 1.29 is 14.7 Å². The third-order valence-corrected chi connectivity index (χ3v) is 2.42. The highest BCUT2D eigenvalue weighted by Crippen LogP contribution is 2.31. The van der Waals surface area contributed by atoms with Gasteiger partial charge in [-0.05, 0) is 25.0 Å². The molecule has 0 saturated heterocycles. The molecule has 6 heteroatoms. The van der Waals surface area contributed by atoms with Gasteiger partial charge in [-0.15, -0.1) is 0 Å². The fraction of sp³-hybridized carbons (Fsp3) is 0.0909. The summed E-state index contributed by atoms with van der Waals surface area (Å²) in [6.07, 6.45) is 0. The van der Waals surface area contributed by atoms with Crippen LogP contribution in [-0.2, 0) is 4.79 Å². The normalized spacial score (nSPS) is 9.12. The van der Waals surface area contributed by atoms with E-state index in [0.717, 1.165) is 0 Å². The maximum absolute atomic E-state index is 11.3. The molecular weight excluding hydrogens is 265 g/mol. The Kier molecular flexibility index (Phi) is 4.38. The van der Waals surface area contributed by atoms with Gasteiger partial charge < -0.3 is 10.4 Å². The molecule has 0 fully saturated rings. The molecule has 0 saturated carbocycles. The average Bonchev–Trinajstić information content (AvgIpc) is 2.23. The van der Waals surface area contributed by atoms with Crippen LogP contribution in [0.3, 0.4) is 0 Å². The smallest absolute Gasteiger partial charge is 0.339 e. The van der Waals surface area contributed by atoms with Crippen molar-refractivity contribution in [1.82, 2.24) is 0 Å². The predicted octanol–water partition coefficient (Wildman–Crippen LogP) is 2.65. The first-order valence-electron chi connectivity index (χ1n) is 4.42. The number of hydrogen-bond donors (Lipinski definition) is 2. The Hall–Kier alpha value is -1.70. The fourth-order valence-corrected chi connectivity index (χ4v) is 1.58. The lowest BCUT2D eigenvalue weighted by molar-refractivity contribution is -0.111. The van der Waals surface area contributed by atoms with Crippen LogP contribution in [0.15, 0.2) is 12.1 Å². The van der Waals surface area contributed by atoms with Crippen LogP contribution < -0.4 is 5.32 Å². The van der Waals surface area contributed by atoms with Gasteiger partial charge in [-0.2, -0.15) is 0 Å². The van der Waals surface area contributed by atoms with E-state index in [1.54, 1.807) is 0 Å². The molecule has 4 nitrogen and oxygen atoms in total. The van der Waals surface area contributed by atoms with Crippen LogP contribution in [0.1, 0.15) is 17.3 Å². The SMILES string of the molecule is CC#CC(=O)Nc1c(Cl)ccc(Cl)c1C(=O)O. The van der Waals surface area contributed by atoms with E-state index in [9.17, 15) is 9.59 Å². The molecule has 0 spiro atoms. The van der Waals surface area contributed by atoms with Gasteiger partial charge in [0.25, 0.3) is 5.91 Å². The van der Waals surface area contributed by atoms with Gasteiger partial charge in [0.1, 0.15) is 5.56 Å². The monoisotopic (exact) mass is 271 g/mol. The number of carbonyl (C=O) groups is 2. The number of benzene rings is 1. The second kappa shape index (κ2) is 5.58. The van der Waals surface area contributed by atoms with Crippen molar-refractivity contribution in [2.24, 2.45) is 0 Å². The molecule has 0 heterocycles. The van der Waals surface area contributed by atoms with Crippen molar-refractivity contribution in [3.63, 3.8) is 0 Å². The summed E-state index contributed by atoms with van der Waals surface area (Å²) < 4.78 is 0. The standard InChI is InChI=1S/C11H7Cl2NO3/c1-2-3-8(15)14-10-7(13)5-4-6(12)9(10)11(16)17/h4-5H,1H3,(H,14,15)(H,16,17). The van der Waals surface area contributed by atoms with Crippen LogP contribution in [0.2, 0.25) is 10.0 Å². The Morgan fingerprint density at radius 3 is 2.41 bits per heavy atom.